The standard InChI is InChI=1S/C6H14N2/c1-3-4-8-6-5-7-2/h8H,2-6H2,1H3. The van der Waals surface area contributed by atoms with Crippen LogP contribution >= 0.6 is 0 Å². The third kappa shape index (κ3) is 5.63. The second-order valence-electron chi connectivity index (χ2n) is 1.70. The van der Waals surface area contributed by atoms with E-state index in [-0.39, 0.29) is 0 Å². The van der Waals surface area contributed by atoms with E-state index >= 15 is 0 Å². The summed E-state index contributed by atoms with van der Waals surface area (Å²) < 4.78 is 0. The van der Waals surface area contributed by atoms with E-state index in [1.54, 1.807) is 0 Å². The first kappa shape index (κ1) is 7.63. The summed E-state index contributed by atoms with van der Waals surface area (Å²) in [5, 5.41) is 3.20. The van der Waals surface area contributed by atoms with Gasteiger partial charge in [0, 0.05) is 6.54 Å². The Kier molecular flexibility index (Phi) is 6.32. The van der Waals surface area contributed by atoms with Crippen LogP contribution in [0.15, 0.2) is 4.99 Å². The van der Waals surface area contributed by atoms with Crippen molar-refractivity contribution in [1.82, 2.24) is 5.32 Å². The quantitative estimate of drug-likeness (QED) is 0.412. The zero-order valence-electron chi connectivity index (χ0n) is 5.48. The Morgan fingerprint density at radius 1 is 1.50 bits per heavy atom. The Morgan fingerprint density at radius 2 is 2.25 bits per heavy atom. The summed E-state index contributed by atoms with van der Waals surface area (Å²) >= 11 is 0. The molecule has 0 amide bonds. The highest BCUT2D eigenvalue weighted by Gasteiger charge is 1.78. The van der Waals surface area contributed by atoms with Crippen molar-refractivity contribution in [2.24, 2.45) is 4.99 Å². The Balaban J connectivity index is 2.62. The van der Waals surface area contributed by atoms with Gasteiger partial charge in [0.05, 0.1) is 6.54 Å². The van der Waals surface area contributed by atoms with Gasteiger partial charge in [-0.2, -0.15) is 0 Å². The van der Waals surface area contributed by atoms with E-state index in [0.29, 0.717) is 0 Å². The second-order valence-corrected chi connectivity index (χ2v) is 1.70. The molecule has 48 valence electrons. The highest BCUT2D eigenvalue weighted by atomic mass is 14.9. The van der Waals surface area contributed by atoms with Gasteiger partial charge in [0.1, 0.15) is 0 Å². The molecule has 0 aromatic heterocycles. The van der Waals surface area contributed by atoms with Crippen LogP contribution in [-0.4, -0.2) is 26.4 Å². The molecule has 2 nitrogen and oxygen atoms in total. The predicted molar refractivity (Wildman–Crippen MR) is 37.6 cm³/mol. The Hall–Kier alpha value is -0.370. The van der Waals surface area contributed by atoms with Crippen molar-refractivity contribution < 1.29 is 0 Å². The third-order valence-electron chi connectivity index (χ3n) is 0.873. The van der Waals surface area contributed by atoms with Gasteiger partial charge in [-0.25, -0.2) is 0 Å². The van der Waals surface area contributed by atoms with E-state index in [1.165, 1.54) is 6.42 Å². The molecule has 0 aromatic rings. The molecule has 0 unspecified atom stereocenters. The number of nitrogens with one attached hydrogen (secondary N) is 1. The van der Waals surface area contributed by atoms with Gasteiger partial charge in [-0.15, -0.1) is 0 Å². The molecule has 0 aliphatic carbocycles. The lowest BCUT2D eigenvalue weighted by atomic mass is 10.5. The van der Waals surface area contributed by atoms with E-state index in [4.69, 9.17) is 0 Å². The van der Waals surface area contributed by atoms with Crippen LogP contribution in [0.1, 0.15) is 13.3 Å². The third-order valence-corrected chi connectivity index (χ3v) is 0.873. The van der Waals surface area contributed by atoms with E-state index in [9.17, 15) is 0 Å². The molecule has 0 radical (unpaired) electrons. The van der Waals surface area contributed by atoms with Gasteiger partial charge < -0.3 is 5.32 Å². The molecule has 0 rings (SSSR count). The molecule has 0 fully saturated rings. The monoisotopic (exact) mass is 114 g/mol. The van der Waals surface area contributed by atoms with Gasteiger partial charge in [-0.3, -0.25) is 4.99 Å². The Bertz CT molecular complexity index is 52.5. The minimum absolute atomic E-state index is 0.833. The largest absolute Gasteiger partial charge is 0.315 e. The molecular weight excluding hydrogens is 100 g/mol. The minimum Gasteiger partial charge on any atom is -0.315 e. The average molecular weight is 114 g/mol. The van der Waals surface area contributed by atoms with Crippen LogP contribution in [-0.2, 0) is 0 Å². The molecule has 0 spiro atoms. The van der Waals surface area contributed by atoms with Crippen molar-refractivity contribution in [3.05, 3.63) is 0 Å². The first-order valence-corrected chi connectivity index (χ1v) is 3.05. The highest BCUT2D eigenvalue weighted by molar-refractivity contribution is 5.23. The molecule has 0 aromatic carbocycles. The van der Waals surface area contributed by atoms with Gasteiger partial charge in [0.25, 0.3) is 0 Å². The lowest BCUT2D eigenvalue weighted by Gasteiger charge is -1.96. The van der Waals surface area contributed by atoms with Gasteiger partial charge in [0.2, 0.25) is 0 Å². The lowest BCUT2D eigenvalue weighted by Crippen LogP contribution is -2.17. The number of nitrogens with zero attached hydrogens (tertiary/aromatic N) is 1. The molecular formula is C6H14N2. The molecule has 1 N–H and O–H groups in total. The van der Waals surface area contributed by atoms with Crippen LogP contribution < -0.4 is 5.32 Å². The zero-order chi connectivity index (χ0) is 6.24. The van der Waals surface area contributed by atoms with Gasteiger partial charge in [-0.1, -0.05) is 6.92 Å². The van der Waals surface area contributed by atoms with Crippen LogP contribution in [0.2, 0.25) is 0 Å². The van der Waals surface area contributed by atoms with Crippen molar-refractivity contribution in [2.45, 2.75) is 13.3 Å². The van der Waals surface area contributed by atoms with Crippen molar-refractivity contribution in [2.75, 3.05) is 19.6 Å². The van der Waals surface area contributed by atoms with Crippen molar-refractivity contribution in [3.63, 3.8) is 0 Å². The lowest BCUT2D eigenvalue weighted by molar-refractivity contribution is 0.680. The van der Waals surface area contributed by atoms with Crippen LogP contribution in [0, 0.1) is 0 Å². The van der Waals surface area contributed by atoms with Crippen LogP contribution in [0.25, 0.3) is 0 Å². The van der Waals surface area contributed by atoms with Gasteiger partial charge in [0.15, 0.2) is 0 Å². The number of hydrogen-bond acceptors (Lipinski definition) is 2. The Labute approximate surface area is 51.0 Å². The van der Waals surface area contributed by atoms with Crippen molar-refractivity contribution in [3.8, 4) is 0 Å². The highest BCUT2D eigenvalue weighted by Crippen LogP contribution is 1.68. The summed E-state index contributed by atoms with van der Waals surface area (Å²) in [6.45, 7) is 8.41. The van der Waals surface area contributed by atoms with E-state index in [1.807, 2.05) is 0 Å². The number of aliphatic imine (C=N–C) groups is 1. The maximum atomic E-state index is 3.69. The van der Waals surface area contributed by atoms with Crippen LogP contribution in [0.3, 0.4) is 0 Å². The second kappa shape index (κ2) is 6.63. The van der Waals surface area contributed by atoms with E-state index in [2.05, 4.69) is 24.0 Å². The first-order chi connectivity index (χ1) is 3.91. The summed E-state index contributed by atoms with van der Waals surface area (Å²) in [6.07, 6.45) is 1.19. The number of hydrogen-bond donors (Lipinski definition) is 1. The molecule has 8 heavy (non-hydrogen) atoms. The summed E-state index contributed by atoms with van der Waals surface area (Å²) in [4.78, 5) is 3.69. The fraction of sp³-hybridized carbons (Fsp3) is 0.833. The molecule has 0 saturated heterocycles. The summed E-state index contributed by atoms with van der Waals surface area (Å²) in [6, 6.07) is 0. The molecule has 0 aliphatic rings. The van der Waals surface area contributed by atoms with E-state index < -0.39 is 0 Å². The average Bonchev–Trinajstić information content (AvgIpc) is 1.81. The summed E-state index contributed by atoms with van der Waals surface area (Å²) in [5.41, 5.74) is 0. The predicted octanol–water partition coefficient (Wildman–Crippen LogP) is 0.687. The maximum Gasteiger partial charge on any atom is 0.0507 e. The molecule has 0 heterocycles. The molecule has 0 atom stereocenters. The molecule has 0 bridgehead atoms. The fourth-order valence-corrected chi connectivity index (χ4v) is 0.460. The van der Waals surface area contributed by atoms with Crippen LogP contribution in [0.5, 0.6) is 0 Å². The Morgan fingerprint density at radius 3 is 2.75 bits per heavy atom. The van der Waals surface area contributed by atoms with Crippen LogP contribution in [0.4, 0.5) is 0 Å². The number of rotatable bonds is 5. The first-order valence-electron chi connectivity index (χ1n) is 3.05. The summed E-state index contributed by atoms with van der Waals surface area (Å²) in [7, 11) is 0. The SMILES string of the molecule is C=NCCNCCC. The van der Waals surface area contributed by atoms with E-state index in [0.717, 1.165) is 19.6 Å². The van der Waals surface area contributed by atoms with Crippen molar-refractivity contribution in [1.29, 1.82) is 0 Å². The van der Waals surface area contributed by atoms with Gasteiger partial charge in [-0.05, 0) is 19.7 Å². The zero-order valence-corrected chi connectivity index (χ0v) is 5.48. The molecule has 0 aliphatic heterocycles. The molecule has 0 saturated carbocycles. The minimum atomic E-state index is 0.833. The van der Waals surface area contributed by atoms with Crippen molar-refractivity contribution >= 4 is 6.72 Å². The molecule has 2 heteroatoms. The maximum absolute atomic E-state index is 3.69. The smallest absolute Gasteiger partial charge is 0.0507 e. The normalized spacial score (nSPS) is 9.12. The topological polar surface area (TPSA) is 24.4 Å². The van der Waals surface area contributed by atoms with Gasteiger partial charge >= 0.3 is 0 Å². The fourth-order valence-electron chi connectivity index (χ4n) is 0.460. The summed E-state index contributed by atoms with van der Waals surface area (Å²) in [5.74, 6) is 0.